The normalized spacial score (nSPS) is 11.6. The second kappa shape index (κ2) is 8.39. The van der Waals surface area contributed by atoms with Crippen molar-refractivity contribution in [2.75, 3.05) is 18.6 Å². The molecule has 0 aromatic carbocycles. The first kappa shape index (κ1) is 16.3. The fourth-order valence-electron chi connectivity index (χ4n) is 1.62. The largest absolute Gasteiger partial charge is 0.366 e. The summed E-state index contributed by atoms with van der Waals surface area (Å²) in [4.78, 5) is 13.8. The molecule has 0 aliphatic carbocycles. The van der Waals surface area contributed by atoms with Gasteiger partial charge in [-0.3, -0.25) is 4.79 Å². The number of aromatic amines is 1. The summed E-state index contributed by atoms with van der Waals surface area (Å²) in [6.45, 7) is 0.371. The minimum absolute atomic E-state index is 0.225. The van der Waals surface area contributed by atoms with Gasteiger partial charge in [-0.05, 0) is 24.9 Å². The fraction of sp³-hybridized carbons (Fsp3) is 0.583. The van der Waals surface area contributed by atoms with Gasteiger partial charge in [0.15, 0.2) is 0 Å². The van der Waals surface area contributed by atoms with Gasteiger partial charge < -0.3 is 4.98 Å². The highest BCUT2D eigenvalue weighted by atomic mass is 32.2. The standard InChI is InChI=1S/C12H20N2O3S2/c1-18-9-5-3-2-4-7-14-19(16,17)12-10-13-8-6-11(12)15/h6,8,10,14H,2-5,7,9H2,1H3,(H,13,15). The lowest BCUT2D eigenvalue weighted by atomic mass is 10.2. The molecule has 1 rings (SSSR count). The zero-order valence-electron chi connectivity index (χ0n) is 11.0. The van der Waals surface area contributed by atoms with Crippen molar-refractivity contribution >= 4 is 21.8 Å². The Balaban J connectivity index is 2.36. The average molecular weight is 304 g/mol. The Morgan fingerprint density at radius 2 is 2.00 bits per heavy atom. The zero-order chi connectivity index (χ0) is 14.1. The maximum atomic E-state index is 11.9. The molecule has 108 valence electrons. The van der Waals surface area contributed by atoms with E-state index >= 15 is 0 Å². The van der Waals surface area contributed by atoms with Gasteiger partial charge in [-0.1, -0.05) is 12.8 Å². The summed E-state index contributed by atoms with van der Waals surface area (Å²) in [5, 5.41) is 0. The summed E-state index contributed by atoms with van der Waals surface area (Å²) in [6, 6.07) is 1.21. The summed E-state index contributed by atoms with van der Waals surface area (Å²) in [5.41, 5.74) is -0.494. The molecule has 19 heavy (non-hydrogen) atoms. The van der Waals surface area contributed by atoms with E-state index in [9.17, 15) is 13.2 Å². The Morgan fingerprint density at radius 1 is 1.26 bits per heavy atom. The summed E-state index contributed by atoms with van der Waals surface area (Å²) < 4.78 is 26.2. The van der Waals surface area contributed by atoms with E-state index in [4.69, 9.17) is 0 Å². The molecule has 0 amide bonds. The van der Waals surface area contributed by atoms with Gasteiger partial charge >= 0.3 is 0 Å². The molecular formula is C12H20N2O3S2. The first-order valence-corrected chi connectivity index (χ1v) is 9.11. The van der Waals surface area contributed by atoms with Gasteiger partial charge in [-0.15, -0.1) is 0 Å². The molecule has 0 bridgehead atoms. The number of sulfonamides is 1. The number of H-pyrrole nitrogens is 1. The van der Waals surface area contributed by atoms with Crippen molar-refractivity contribution in [3.8, 4) is 0 Å². The summed E-state index contributed by atoms with van der Waals surface area (Å²) >= 11 is 1.82. The monoisotopic (exact) mass is 304 g/mol. The van der Waals surface area contributed by atoms with E-state index in [-0.39, 0.29) is 4.90 Å². The van der Waals surface area contributed by atoms with Crippen LogP contribution in [0.25, 0.3) is 0 Å². The molecule has 0 fully saturated rings. The Kier molecular flexibility index (Phi) is 7.19. The van der Waals surface area contributed by atoms with Gasteiger partial charge in [-0.25, -0.2) is 13.1 Å². The SMILES string of the molecule is CSCCCCCCNS(=O)(=O)c1c[nH]ccc1=O. The van der Waals surface area contributed by atoms with Crippen LogP contribution in [-0.2, 0) is 10.0 Å². The molecule has 0 atom stereocenters. The minimum Gasteiger partial charge on any atom is -0.366 e. The van der Waals surface area contributed by atoms with Gasteiger partial charge in [0, 0.05) is 25.0 Å². The molecule has 0 radical (unpaired) electrons. The quantitative estimate of drug-likeness (QED) is 0.679. The molecule has 7 heteroatoms. The third kappa shape index (κ3) is 5.80. The van der Waals surface area contributed by atoms with Crippen LogP contribution in [0.5, 0.6) is 0 Å². The fourth-order valence-corrected chi connectivity index (χ4v) is 3.24. The molecular weight excluding hydrogens is 284 g/mol. The predicted molar refractivity (Wildman–Crippen MR) is 79.1 cm³/mol. The van der Waals surface area contributed by atoms with Gasteiger partial charge in [-0.2, -0.15) is 11.8 Å². The van der Waals surface area contributed by atoms with Gasteiger partial charge in [0.1, 0.15) is 4.90 Å². The predicted octanol–water partition coefficient (Wildman–Crippen LogP) is 1.58. The molecule has 1 heterocycles. The highest BCUT2D eigenvalue weighted by Gasteiger charge is 2.16. The number of rotatable bonds is 9. The van der Waals surface area contributed by atoms with Gasteiger partial charge in [0.05, 0.1) is 0 Å². The number of nitrogens with one attached hydrogen (secondary N) is 2. The molecule has 2 N–H and O–H groups in total. The number of pyridine rings is 1. The van der Waals surface area contributed by atoms with Crippen molar-refractivity contribution in [2.45, 2.75) is 30.6 Å². The highest BCUT2D eigenvalue weighted by molar-refractivity contribution is 7.98. The molecule has 0 spiro atoms. The maximum absolute atomic E-state index is 11.9. The van der Waals surface area contributed by atoms with E-state index < -0.39 is 15.5 Å². The van der Waals surface area contributed by atoms with E-state index in [0.717, 1.165) is 31.4 Å². The average Bonchev–Trinajstić information content (AvgIpc) is 2.38. The lowest BCUT2D eigenvalue weighted by molar-refractivity contribution is 0.572. The van der Waals surface area contributed by atoms with Crippen LogP contribution in [0, 0.1) is 0 Å². The molecule has 5 nitrogen and oxygen atoms in total. The lowest BCUT2D eigenvalue weighted by Crippen LogP contribution is -2.29. The third-order valence-corrected chi connectivity index (χ3v) is 4.82. The van der Waals surface area contributed by atoms with Crippen LogP contribution in [0.4, 0.5) is 0 Å². The highest BCUT2D eigenvalue weighted by Crippen LogP contribution is 2.05. The van der Waals surface area contributed by atoms with Crippen molar-refractivity contribution in [1.29, 1.82) is 0 Å². The molecule has 0 saturated heterocycles. The Labute approximate surface area is 118 Å². The van der Waals surface area contributed by atoms with Crippen LogP contribution in [0.15, 0.2) is 28.2 Å². The van der Waals surface area contributed by atoms with Crippen molar-refractivity contribution < 1.29 is 8.42 Å². The summed E-state index contributed by atoms with van der Waals surface area (Å²) in [5.74, 6) is 1.14. The number of thioether (sulfide) groups is 1. The molecule has 0 saturated carbocycles. The summed E-state index contributed by atoms with van der Waals surface area (Å²) in [6.07, 6.45) is 8.75. The number of aromatic nitrogens is 1. The topological polar surface area (TPSA) is 79.0 Å². The third-order valence-electron chi connectivity index (χ3n) is 2.65. The van der Waals surface area contributed by atoms with Crippen LogP contribution < -0.4 is 10.2 Å². The minimum atomic E-state index is -3.69. The number of hydrogen-bond acceptors (Lipinski definition) is 4. The van der Waals surface area contributed by atoms with Crippen molar-refractivity contribution in [1.82, 2.24) is 9.71 Å². The number of unbranched alkanes of at least 4 members (excludes halogenated alkanes) is 3. The number of hydrogen-bond donors (Lipinski definition) is 2. The van der Waals surface area contributed by atoms with E-state index in [1.807, 2.05) is 11.8 Å². The van der Waals surface area contributed by atoms with Crippen molar-refractivity contribution in [3.05, 3.63) is 28.7 Å². The van der Waals surface area contributed by atoms with Crippen LogP contribution in [0.2, 0.25) is 0 Å². The van der Waals surface area contributed by atoms with Crippen LogP contribution >= 0.6 is 11.8 Å². The van der Waals surface area contributed by atoms with E-state index in [1.54, 1.807) is 0 Å². The smallest absolute Gasteiger partial charge is 0.245 e. The van der Waals surface area contributed by atoms with Crippen LogP contribution in [0.1, 0.15) is 25.7 Å². The van der Waals surface area contributed by atoms with E-state index in [2.05, 4.69) is 16.0 Å². The molecule has 0 aliphatic heterocycles. The van der Waals surface area contributed by atoms with Crippen molar-refractivity contribution in [2.24, 2.45) is 0 Å². The second-order valence-electron chi connectivity index (χ2n) is 4.18. The van der Waals surface area contributed by atoms with E-state index in [0.29, 0.717) is 6.54 Å². The van der Waals surface area contributed by atoms with Gasteiger partial charge in [0.25, 0.3) is 0 Å². The summed E-state index contributed by atoms with van der Waals surface area (Å²) in [7, 11) is -3.69. The Bertz CT molecular complexity index is 526. The molecule has 0 unspecified atom stereocenters. The molecule has 0 aliphatic rings. The van der Waals surface area contributed by atoms with E-state index in [1.165, 1.54) is 18.5 Å². The van der Waals surface area contributed by atoms with Crippen LogP contribution in [-0.4, -0.2) is 32.0 Å². The maximum Gasteiger partial charge on any atom is 0.245 e. The molecule has 1 aromatic heterocycles. The first-order valence-electron chi connectivity index (χ1n) is 6.23. The Hall–Kier alpha value is -0.790. The lowest BCUT2D eigenvalue weighted by Gasteiger charge is -2.05. The van der Waals surface area contributed by atoms with Crippen molar-refractivity contribution in [3.63, 3.8) is 0 Å². The second-order valence-corrected chi connectivity index (χ2v) is 6.90. The Morgan fingerprint density at radius 3 is 2.68 bits per heavy atom. The first-order chi connectivity index (χ1) is 9.08. The van der Waals surface area contributed by atoms with Crippen LogP contribution in [0.3, 0.4) is 0 Å². The van der Waals surface area contributed by atoms with Gasteiger partial charge in [0.2, 0.25) is 15.5 Å². The molecule has 1 aromatic rings. The zero-order valence-corrected chi connectivity index (χ0v) is 12.6.